The van der Waals surface area contributed by atoms with Crippen molar-refractivity contribution in [1.82, 2.24) is 19.9 Å². The van der Waals surface area contributed by atoms with Crippen LogP contribution in [0.1, 0.15) is 5.56 Å². The number of aryl methyl sites for hydroxylation is 1. The van der Waals surface area contributed by atoms with Gasteiger partial charge in [-0.15, -0.1) is 0 Å². The fraction of sp³-hybridized carbons (Fsp3) is 0.143. The SMILES string of the molecule is Cc1cccc(Nc2ncnc3cnc(S(C)(=O)=O)nc23)c1. The van der Waals surface area contributed by atoms with Gasteiger partial charge in [0.1, 0.15) is 17.4 Å². The van der Waals surface area contributed by atoms with Crippen molar-refractivity contribution >= 4 is 32.4 Å². The first-order valence-corrected chi connectivity index (χ1v) is 8.34. The number of nitrogens with zero attached hydrogens (tertiary/aromatic N) is 4. The van der Waals surface area contributed by atoms with Crippen molar-refractivity contribution in [2.75, 3.05) is 11.6 Å². The minimum absolute atomic E-state index is 0.248. The van der Waals surface area contributed by atoms with Gasteiger partial charge in [-0.2, -0.15) is 0 Å². The van der Waals surface area contributed by atoms with E-state index in [1.807, 2.05) is 31.2 Å². The molecule has 0 radical (unpaired) electrons. The van der Waals surface area contributed by atoms with Crippen LogP contribution < -0.4 is 5.32 Å². The van der Waals surface area contributed by atoms with E-state index in [1.165, 1.54) is 12.5 Å². The van der Waals surface area contributed by atoms with Gasteiger partial charge in [0.2, 0.25) is 15.0 Å². The fourth-order valence-electron chi connectivity index (χ4n) is 1.97. The first-order valence-electron chi connectivity index (χ1n) is 6.45. The smallest absolute Gasteiger partial charge is 0.247 e. The van der Waals surface area contributed by atoms with Crippen molar-refractivity contribution in [2.45, 2.75) is 12.1 Å². The Morgan fingerprint density at radius 3 is 2.68 bits per heavy atom. The minimum Gasteiger partial charge on any atom is -0.338 e. The third-order valence-corrected chi connectivity index (χ3v) is 3.83. The highest BCUT2D eigenvalue weighted by atomic mass is 32.2. The zero-order valence-electron chi connectivity index (χ0n) is 12.0. The van der Waals surface area contributed by atoms with Crippen molar-refractivity contribution in [3.8, 4) is 0 Å². The molecule has 1 N–H and O–H groups in total. The number of sulfone groups is 1. The molecule has 0 spiro atoms. The highest BCUT2D eigenvalue weighted by Gasteiger charge is 2.14. The summed E-state index contributed by atoms with van der Waals surface area (Å²) in [6.07, 6.45) is 3.82. The Hall–Kier alpha value is -2.61. The average molecular weight is 315 g/mol. The van der Waals surface area contributed by atoms with Crippen LogP contribution in [0, 0.1) is 6.92 Å². The van der Waals surface area contributed by atoms with Gasteiger partial charge in [0.05, 0.1) is 6.20 Å². The third-order valence-electron chi connectivity index (χ3n) is 2.97. The molecular weight excluding hydrogens is 302 g/mol. The summed E-state index contributed by atoms with van der Waals surface area (Å²) in [6.45, 7) is 1.98. The molecule has 0 aliphatic heterocycles. The molecule has 0 aliphatic rings. The first kappa shape index (κ1) is 14.3. The van der Waals surface area contributed by atoms with Crippen LogP contribution in [0.25, 0.3) is 11.0 Å². The van der Waals surface area contributed by atoms with Gasteiger partial charge in [0, 0.05) is 11.9 Å². The molecule has 112 valence electrons. The van der Waals surface area contributed by atoms with Crippen molar-refractivity contribution in [3.63, 3.8) is 0 Å². The summed E-state index contributed by atoms with van der Waals surface area (Å²) in [6, 6.07) is 7.73. The molecule has 3 rings (SSSR count). The topological polar surface area (TPSA) is 97.7 Å². The van der Waals surface area contributed by atoms with E-state index in [4.69, 9.17) is 0 Å². The molecule has 0 saturated heterocycles. The van der Waals surface area contributed by atoms with Crippen molar-refractivity contribution in [3.05, 3.63) is 42.4 Å². The van der Waals surface area contributed by atoms with Crippen molar-refractivity contribution < 1.29 is 8.42 Å². The van der Waals surface area contributed by atoms with Gasteiger partial charge >= 0.3 is 0 Å². The summed E-state index contributed by atoms with van der Waals surface area (Å²) in [5.41, 5.74) is 2.76. The molecule has 8 heteroatoms. The Kier molecular flexibility index (Phi) is 3.45. The molecule has 22 heavy (non-hydrogen) atoms. The Bertz CT molecular complexity index is 956. The predicted octanol–water partition coefficient (Wildman–Crippen LogP) is 1.88. The Labute approximate surface area is 127 Å². The normalized spacial score (nSPS) is 11.5. The van der Waals surface area contributed by atoms with E-state index in [1.54, 1.807) is 0 Å². The highest BCUT2D eigenvalue weighted by Crippen LogP contribution is 2.22. The molecule has 3 aromatic rings. The Morgan fingerprint density at radius 1 is 1.14 bits per heavy atom. The van der Waals surface area contributed by atoms with Gasteiger partial charge in [0.15, 0.2) is 5.82 Å². The molecule has 0 aliphatic carbocycles. The lowest BCUT2D eigenvalue weighted by molar-refractivity contribution is 0.593. The fourth-order valence-corrected chi connectivity index (χ4v) is 2.47. The number of fused-ring (bicyclic) bond motifs is 1. The van der Waals surface area contributed by atoms with Crippen LogP contribution in [0.4, 0.5) is 11.5 Å². The molecule has 7 nitrogen and oxygen atoms in total. The van der Waals surface area contributed by atoms with Crippen LogP contribution in [-0.2, 0) is 9.84 Å². The van der Waals surface area contributed by atoms with E-state index < -0.39 is 9.84 Å². The van der Waals surface area contributed by atoms with E-state index in [0.717, 1.165) is 17.5 Å². The number of aromatic nitrogens is 4. The van der Waals surface area contributed by atoms with Crippen LogP contribution in [0.2, 0.25) is 0 Å². The molecule has 0 amide bonds. The summed E-state index contributed by atoms with van der Waals surface area (Å²) in [4.78, 5) is 16.1. The standard InChI is InChI=1S/C14H13N5O2S/c1-9-4-3-5-10(6-9)18-13-12-11(16-8-17-13)7-15-14(19-12)22(2,20)21/h3-8H,1-2H3,(H,16,17,18). The van der Waals surface area contributed by atoms with Crippen molar-refractivity contribution in [2.24, 2.45) is 0 Å². The van der Waals surface area contributed by atoms with Gasteiger partial charge in [-0.05, 0) is 24.6 Å². The summed E-state index contributed by atoms with van der Waals surface area (Å²) in [5.74, 6) is 0.433. The second-order valence-corrected chi connectivity index (χ2v) is 6.78. The molecule has 0 fully saturated rings. The Morgan fingerprint density at radius 2 is 1.95 bits per heavy atom. The van der Waals surface area contributed by atoms with Crippen LogP contribution in [-0.4, -0.2) is 34.6 Å². The van der Waals surface area contributed by atoms with E-state index >= 15 is 0 Å². The molecule has 0 atom stereocenters. The molecular formula is C14H13N5O2S. The van der Waals surface area contributed by atoms with Gasteiger partial charge in [-0.1, -0.05) is 12.1 Å². The van der Waals surface area contributed by atoms with E-state index in [9.17, 15) is 8.42 Å². The van der Waals surface area contributed by atoms with E-state index in [-0.39, 0.29) is 5.16 Å². The Balaban J connectivity index is 2.13. The van der Waals surface area contributed by atoms with Crippen LogP contribution in [0.5, 0.6) is 0 Å². The minimum atomic E-state index is -3.50. The zero-order chi connectivity index (χ0) is 15.7. The monoisotopic (exact) mass is 315 g/mol. The lowest BCUT2D eigenvalue weighted by Gasteiger charge is -2.08. The van der Waals surface area contributed by atoms with Gasteiger partial charge in [-0.25, -0.2) is 28.4 Å². The molecule has 2 aromatic heterocycles. The van der Waals surface area contributed by atoms with E-state index in [0.29, 0.717) is 16.9 Å². The number of anilines is 2. The maximum atomic E-state index is 11.6. The second-order valence-electron chi connectivity index (χ2n) is 4.88. The quantitative estimate of drug-likeness (QED) is 0.737. The average Bonchev–Trinajstić information content (AvgIpc) is 2.46. The van der Waals surface area contributed by atoms with Gasteiger partial charge < -0.3 is 5.32 Å². The lowest BCUT2D eigenvalue weighted by Crippen LogP contribution is -2.06. The number of rotatable bonds is 3. The predicted molar refractivity (Wildman–Crippen MR) is 82.7 cm³/mol. The number of hydrogen-bond acceptors (Lipinski definition) is 7. The van der Waals surface area contributed by atoms with E-state index in [2.05, 4.69) is 25.3 Å². The molecule has 1 aromatic carbocycles. The summed E-state index contributed by atoms with van der Waals surface area (Å²) in [5, 5.41) is 2.88. The number of benzene rings is 1. The number of hydrogen-bond donors (Lipinski definition) is 1. The van der Waals surface area contributed by atoms with Gasteiger partial charge in [0.25, 0.3) is 0 Å². The van der Waals surface area contributed by atoms with Gasteiger partial charge in [-0.3, -0.25) is 0 Å². The summed E-state index contributed by atoms with van der Waals surface area (Å²) < 4.78 is 23.2. The molecule has 2 heterocycles. The molecule has 0 saturated carbocycles. The number of nitrogens with one attached hydrogen (secondary N) is 1. The van der Waals surface area contributed by atoms with Crippen LogP contribution in [0.3, 0.4) is 0 Å². The highest BCUT2D eigenvalue weighted by molar-refractivity contribution is 7.90. The third kappa shape index (κ3) is 2.86. The maximum Gasteiger partial charge on any atom is 0.247 e. The van der Waals surface area contributed by atoms with Crippen LogP contribution in [0.15, 0.2) is 41.9 Å². The zero-order valence-corrected chi connectivity index (χ0v) is 12.8. The van der Waals surface area contributed by atoms with Crippen LogP contribution >= 0.6 is 0 Å². The molecule has 0 bridgehead atoms. The largest absolute Gasteiger partial charge is 0.338 e. The maximum absolute atomic E-state index is 11.6. The lowest BCUT2D eigenvalue weighted by atomic mass is 10.2. The second kappa shape index (κ2) is 5.30. The van der Waals surface area contributed by atoms with Crippen molar-refractivity contribution in [1.29, 1.82) is 0 Å². The summed E-state index contributed by atoms with van der Waals surface area (Å²) in [7, 11) is -3.50. The first-order chi connectivity index (χ1) is 10.4. The molecule has 0 unspecified atom stereocenters. The summed E-state index contributed by atoms with van der Waals surface area (Å²) >= 11 is 0.